The summed E-state index contributed by atoms with van der Waals surface area (Å²) in [6, 6.07) is 7.39. The van der Waals surface area contributed by atoms with Crippen molar-refractivity contribution in [3.63, 3.8) is 0 Å². The van der Waals surface area contributed by atoms with Crippen molar-refractivity contribution in [3.05, 3.63) is 30.6 Å². The van der Waals surface area contributed by atoms with Crippen LogP contribution in [-0.4, -0.2) is 32.7 Å². The summed E-state index contributed by atoms with van der Waals surface area (Å²) in [6.07, 6.45) is 5.29. The molecule has 1 amide bonds. The number of carbonyl (C=O) groups is 1. The van der Waals surface area contributed by atoms with Gasteiger partial charge in [-0.25, -0.2) is 4.68 Å². The minimum atomic E-state index is 0.0234. The van der Waals surface area contributed by atoms with Crippen LogP contribution in [0.5, 0.6) is 0 Å². The average molecular weight is 286 g/mol. The van der Waals surface area contributed by atoms with Crippen LogP contribution in [0.1, 0.15) is 25.7 Å². The van der Waals surface area contributed by atoms with Gasteiger partial charge in [-0.3, -0.25) is 4.79 Å². The quantitative estimate of drug-likeness (QED) is 0.858. The first-order valence-electron chi connectivity index (χ1n) is 7.04. The molecule has 0 aliphatic heterocycles. The Hall–Kier alpha value is -2.28. The van der Waals surface area contributed by atoms with Gasteiger partial charge in [0.25, 0.3) is 0 Å². The first kappa shape index (κ1) is 13.7. The Labute approximate surface area is 122 Å². The predicted octanol–water partition coefficient (Wildman–Crippen LogP) is 1.12. The van der Waals surface area contributed by atoms with E-state index in [2.05, 4.69) is 20.8 Å². The average Bonchev–Trinajstić information content (AvgIpc) is 2.98. The highest BCUT2D eigenvalue weighted by Crippen LogP contribution is 2.43. The van der Waals surface area contributed by atoms with Crippen molar-refractivity contribution >= 4 is 11.6 Å². The van der Waals surface area contributed by atoms with Crippen LogP contribution in [0.25, 0.3) is 5.69 Å². The third kappa shape index (κ3) is 2.92. The topological polar surface area (TPSA) is 98.7 Å². The van der Waals surface area contributed by atoms with Crippen molar-refractivity contribution in [2.75, 3.05) is 11.9 Å². The summed E-state index contributed by atoms with van der Waals surface area (Å²) in [6.45, 7) is 0.582. The van der Waals surface area contributed by atoms with E-state index in [4.69, 9.17) is 5.73 Å². The van der Waals surface area contributed by atoms with Crippen LogP contribution in [0.3, 0.4) is 0 Å². The van der Waals surface area contributed by atoms with Gasteiger partial charge in [0.2, 0.25) is 5.91 Å². The third-order valence-electron chi connectivity index (χ3n) is 4.15. The smallest absolute Gasteiger partial charge is 0.224 e. The molecule has 0 spiro atoms. The number of hydrogen-bond donors (Lipinski definition) is 2. The highest BCUT2D eigenvalue weighted by Gasteiger charge is 2.37. The maximum Gasteiger partial charge on any atom is 0.224 e. The van der Waals surface area contributed by atoms with Gasteiger partial charge in [0, 0.05) is 12.1 Å². The van der Waals surface area contributed by atoms with Crippen molar-refractivity contribution in [3.8, 4) is 5.69 Å². The number of tetrazole rings is 1. The Kier molecular flexibility index (Phi) is 3.66. The molecule has 1 aliphatic rings. The number of aromatic nitrogens is 4. The van der Waals surface area contributed by atoms with E-state index in [1.807, 2.05) is 24.3 Å². The number of nitrogens with one attached hydrogen (secondary N) is 1. The van der Waals surface area contributed by atoms with E-state index in [1.54, 1.807) is 4.68 Å². The van der Waals surface area contributed by atoms with Crippen molar-refractivity contribution in [1.82, 2.24) is 20.2 Å². The van der Waals surface area contributed by atoms with Gasteiger partial charge in [-0.15, -0.1) is 5.10 Å². The fraction of sp³-hybridized carbons (Fsp3) is 0.429. The largest absolute Gasteiger partial charge is 0.330 e. The fourth-order valence-electron chi connectivity index (χ4n) is 2.65. The van der Waals surface area contributed by atoms with Gasteiger partial charge < -0.3 is 11.1 Å². The Morgan fingerprint density at radius 1 is 1.33 bits per heavy atom. The summed E-state index contributed by atoms with van der Waals surface area (Å²) in [7, 11) is 0. The Morgan fingerprint density at radius 3 is 2.62 bits per heavy atom. The molecular weight excluding hydrogens is 268 g/mol. The molecule has 1 fully saturated rings. The predicted molar refractivity (Wildman–Crippen MR) is 77.7 cm³/mol. The Balaban J connectivity index is 1.61. The lowest BCUT2D eigenvalue weighted by molar-refractivity contribution is -0.119. The van der Waals surface area contributed by atoms with Crippen molar-refractivity contribution in [2.24, 2.45) is 11.1 Å². The number of carbonyl (C=O) groups excluding carboxylic acids is 1. The number of nitrogens with two attached hydrogens (primary N) is 1. The van der Waals surface area contributed by atoms with E-state index in [0.717, 1.165) is 24.2 Å². The summed E-state index contributed by atoms with van der Waals surface area (Å²) in [4.78, 5) is 12.1. The number of hydrogen-bond acceptors (Lipinski definition) is 5. The van der Waals surface area contributed by atoms with E-state index in [1.165, 1.54) is 12.7 Å². The molecule has 110 valence electrons. The number of nitrogens with zero attached hydrogens (tertiary/aromatic N) is 4. The van der Waals surface area contributed by atoms with E-state index in [-0.39, 0.29) is 11.3 Å². The second-order valence-electron chi connectivity index (χ2n) is 5.58. The lowest BCUT2D eigenvalue weighted by Gasteiger charge is -2.40. The summed E-state index contributed by atoms with van der Waals surface area (Å²) >= 11 is 0. The Bertz CT molecular complexity index is 597. The molecule has 2 aromatic rings. The first-order valence-corrected chi connectivity index (χ1v) is 7.04. The minimum Gasteiger partial charge on any atom is -0.330 e. The molecule has 1 aromatic carbocycles. The van der Waals surface area contributed by atoms with Crippen molar-refractivity contribution < 1.29 is 4.79 Å². The molecule has 0 unspecified atom stereocenters. The number of rotatable bonds is 5. The van der Waals surface area contributed by atoms with Crippen LogP contribution < -0.4 is 11.1 Å². The maximum absolute atomic E-state index is 12.1. The summed E-state index contributed by atoms with van der Waals surface area (Å²) in [5.74, 6) is 0.0234. The molecule has 0 bridgehead atoms. The summed E-state index contributed by atoms with van der Waals surface area (Å²) in [5.41, 5.74) is 7.42. The van der Waals surface area contributed by atoms with Gasteiger partial charge in [0.1, 0.15) is 6.33 Å². The number of anilines is 1. The second kappa shape index (κ2) is 5.61. The van der Waals surface area contributed by atoms with Crippen LogP contribution in [0.4, 0.5) is 5.69 Å². The maximum atomic E-state index is 12.1. The number of amides is 1. The summed E-state index contributed by atoms with van der Waals surface area (Å²) in [5, 5.41) is 13.9. The van der Waals surface area contributed by atoms with E-state index in [9.17, 15) is 4.79 Å². The van der Waals surface area contributed by atoms with Crippen LogP contribution in [0.15, 0.2) is 30.6 Å². The van der Waals surface area contributed by atoms with Crippen LogP contribution in [0, 0.1) is 5.41 Å². The van der Waals surface area contributed by atoms with Gasteiger partial charge in [-0.05, 0) is 59.5 Å². The van der Waals surface area contributed by atoms with Gasteiger partial charge >= 0.3 is 0 Å². The lowest BCUT2D eigenvalue weighted by Crippen LogP contribution is -2.40. The molecule has 3 rings (SSSR count). The third-order valence-corrected chi connectivity index (χ3v) is 4.15. The minimum absolute atomic E-state index is 0.0234. The molecule has 21 heavy (non-hydrogen) atoms. The van der Waals surface area contributed by atoms with Crippen molar-refractivity contribution in [1.29, 1.82) is 0 Å². The fourth-order valence-corrected chi connectivity index (χ4v) is 2.65. The van der Waals surface area contributed by atoms with Gasteiger partial charge in [0.05, 0.1) is 5.69 Å². The number of benzene rings is 1. The molecule has 0 radical (unpaired) electrons. The van der Waals surface area contributed by atoms with Gasteiger partial charge in [0.15, 0.2) is 0 Å². The highest BCUT2D eigenvalue weighted by atomic mass is 16.1. The first-order chi connectivity index (χ1) is 10.2. The van der Waals surface area contributed by atoms with E-state index >= 15 is 0 Å². The Morgan fingerprint density at radius 2 is 2.10 bits per heavy atom. The zero-order chi connectivity index (χ0) is 14.7. The van der Waals surface area contributed by atoms with Gasteiger partial charge in [-0.2, -0.15) is 0 Å². The van der Waals surface area contributed by atoms with E-state index in [0.29, 0.717) is 13.0 Å². The molecule has 1 aliphatic carbocycles. The van der Waals surface area contributed by atoms with Crippen LogP contribution >= 0.6 is 0 Å². The molecule has 3 N–H and O–H groups in total. The standard InChI is InChI=1S/C14H18N6O/c15-9-14(6-1-7-14)8-13(21)17-11-2-4-12(5-3-11)20-10-16-18-19-20/h2-5,10H,1,6-9,15H2,(H,17,21). The SMILES string of the molecule is NCC1(CC(=O)Nc2ccc(-n3cnnn3)cc2)CCC1. The molecule has 0 saturated heterocycles. The second-order valence-corrected chi connectivity index (χ2v) is 5.58. The normalized spacial score (nSPS) is 16.2. The molecule has 1 saturated carbocycles. The zero-order valence-electron chi connectivity index (χ0n) is 11.7. The van der Waals surface area contributed by atoms with Crippen LogP contribution in [-0.2, 0) is 4.79 Å². The van der Waals surface area contributed by atoms with Crippen molar-refractivity contribution in [2.45, 2.75) is 25.7 Å². The monoisotopic (exact) mass is 286 g/mol. The molecular formula is C14H18N6O. The highest BCUT2D eigenvalue weighted by molar-refractivity contribution is 5.91. The molecule has 7 heteroatoms. The molecule has 7 nitrogen and oxygen atoms in total. The molecule has 1 aromatic heterocycles. The zero-order valence-corrected chi connectivity index (χ0v) is 11.7. The van der Waals surface area contributed by atoms with E-state index < -0.39 is 0 Å². The molecule has 1 heterocycles. The van der Waals surface area contributed by atoms with Gasteiger partial charge in [-0.1, -0.05) is 6.42 Å². The van der Waals surface area contributed by atoms with Crippen LogP contribution in [0.2, 0.25) is 0 Å². The summed E-state index contributed by atoms with van der Waals surface area (Å²) < 4.78 is 1.56. The lowest BCUT2D eigenvalue weighted by atomic mass is 9.66. The molecule has 0 atom stereocenters.